The van der Waals surface area contributed by atoms with Crippen LogP contribution in [0.2, 0.25) is 0 Å². The van der Waals surface area contributed by atoms with Crippen LogP contribution in [0.15, 0.2) is 0 Å². The van der Waals surface area contributed by atoms with Gasteiger partial charge in [-0.05, 0) is 47.6 Å². The first-order valence-corrected chi connectivity index (χ1v) is 6.71. The normalized spacial score (nSPS) is 26.2. The van der Waals surface area contributed by atoms with E-state index in [1.807, 2.05) is 0 Å². The molecule has 1 rings (SSSR count). The molecule has 0 aromatic heterocycles. The molecular formula is C14H29NO3. The Bertz CT molecular complexity index is 248. The largest absolute Gasteiger partial charge is 0.388 e. The van der Waals surface area contributed by atoms with Gasteiger partial charge in [0.1, 0.15) is 6.10 Å². The van der Waals surface area contributed by atoms with Crippen molar-refractivity contribution in [2.75, 3.05) is 27.4 Å². The number of nitrogens with zero attached hydrogens (tertiary/aromatic N) is 1. The molecule has 0 amide bonds. The van der Waals surface area contributed by atoms with E-state index in [9.17, 15) is 5.11 Å². The number of aliphatic hydroxyl groups is 1. The second-order valence-electron chi connectivity index (χ2n) is 6.66. The van der Waals surface area contributed by atoms with Crippen molar-refractivity contribution < 1.29 is 14.6 Å². The van der Waals surface area contributed by atoms with Crippen molar-refractivity contribution in [3.63, 3.8) is 0 Å². The van der Waals surface area contributed by atoms with Crippen LogP contribution >= 0.6 is 0 Å². The summed E-state index contributed by atoms with van der Waals surface area (Å²) in [6.45, 7) is 9.67. The monoisotopic (exact) mass is 259 g/mol. The highest BCUT2D eigenvalue weighted by Crippen LogP contribution is 2.37. The molecule has 0 aromatic rings. The summed E-state index contributed by atoms with van der Waals surface area (Å²) in [5, 5.41) is 9.63. The van der Waals surface area contributed by atoms with Gasteiger partial charge in [-0.25, -0.2) is 0 Å². The van der Waals surface area contributed by atoms with Gasteiger partial charge in [0.15, 0.2) is 0 Å². The lowest BCUT2D eigenvalue weighted by Crippen LogP contribution is -2.60. The molecular weight excluding hydrogens is 230 g/mol. The summed E-state index contributed by atoms with van der Waals surface area (Å²) in [6, 6.07) is 0. The lowest BCUT2D eigenvalue weighted by atomic mass is 9.79. The van der Waals surface area contributed by atoms with Gasteiger partial charge in [0, 0.05) is 18.2 Å². The van der Waals surface area contributed by atoms with E-state index in [2.05, 4.69) is 39.6 Å². The molecule has 1 aliphatic heterocycles. The molecule has 1 heterocycles. The first kappa shape index (κ1) is 15.9. The molecule has 1 aliphatic rings. The van der Waals surface area contributed by atoms with Crippen molar-refractivity contribution in [1.29, 1.82) is 0 Å². The van der Waals surface area contributed by atoms with E-state index < -0.39 is 6.10 Å². The molecule has 1 unspecified atom stereocenters. The van der Waals surface area contributed by atoms with Crippen LogP contribution in [-0.4, -0.2) is 60.7 Å². The minimum atomic E-state index is -0.527. The number of hydrogen-bond donors (Lipinski definition) is 1. The second kappa shape index (κ2) is 5.87. The van der Waals surface area contributed by atoms with E-state index in [1.165, 1.54) is 0 Å². The maximum Gasteiger partial charge on any atom is 0.101 e. The van der Waals surface area contributed by atoms with E-state index in [0.717, 1.165) is 12.8 Å². The first-order valence-electron chi connectivity index (χ1n) is 6.71. The minimum Gasteiger partial charge on any atom is -0.388 e. The molecule has 0 spiro atoms. The van der Waals surface area contributed by atoms with Crippen LogP contribution in [0, 0.1) is 0 Å². The van der Waals surface area contributed by atoms with E-state index in [1.54, 1.807) is 7.11 Å². The lowest BCUT2D eigenvalue weighted by Gasteiger charge is -2.53. The Hall–Kier alpha value is -0.160. The van der Waals surface area contributed by atoms with Gasteiger partial charge in [0.25, 0.3) is 0 Å². The number of aliphatic hydroxyl groups excluding tert-OH is 1. The van der Waals surface area contributed by atoms with E-state index in [-0.39, 0.29) is 17.2 Å². The summed E-state index contributed by atoms with van der Waals surface area (Å²) < 4.78 is 10.8. The van der Waals surface area contributed by atoms with Gasteiger partial charge < -0.3 is 14.6 Å². The van der Waals surface area contributed by atoms with Gasteiger partial charge in [-0.3, -0.25) is 4.90 Å². The average Bonchev–Trinajstić information content (AvgIpc) is 2.23. The lowest BCUT2D eigenvalue weighted by molar-refractivity contribution is -0.111. The van der Waals surface area contributed by atoms with Crippen molar-refractivity contribution in [1.82, 2.24) is 4.90 Å². The Morgan fingerprint density at radius 2 is 1.67 bits per heavy atom. The van der Waals surface area contributed by atoms with Crippen molar-refractivity contribution in [2.24, 2.45) is 0 Å². The zero-order chi connectivity index (χ0) is 14.0. The summed E-state index contributed by atoms with van der Waals surface area (Å²) in [5.41, 5.74) is 0.247. The molecule has 1 N–H and O–H groups in total. The SMILES string of the molecule is COCC(O)COC1CC(C)(C)N(C)C(C)(C)C1. The van der Waals surface area contributed by atoms with Crippen LogP contribution in [0.3, 0.4) is 0 Å². The number of piperidine rings is 1. The predicted molar refractivity (Wildman–Crippen MR) is 72.8 cm³/mol. The van der Waals surface area contributed by atoms with Crippen molar-refractivity contribution in [3.05, 3.63) is 0 Å². The van der Waals surface area contributed by atoms with E-state index in [4.69, 9.17) is 9.47 Å². The number of methoxy groups -OCH3 is 1. The Morgan fingerprint density at radius 3 is 2.11 bits per heavy atom. The highest BCUT2D eigenvalue weighted by molar-refractivity contribution is 4.98. The highest BCUT2D eigenvalue weighted by atomic mass is 16.5. The molecule has 108 valence electrons. The Labute approximate surface area is 111 Å². The fourth-order valence-electron chi connectivity index (χ4n) is 2.89. The summed E-state index contributed by atoms with van der Waals surface area (Å²) in [5.74, 6) is 0. The van der Waals surface area contributed by atoms with Gasteiger partial charge >= 0.3 is 0 Å². The molecule has 1 fully saturated rings. The van der Waals surface area contributed by atoms with Crippen molar-refractivity contribution >= 4 is 0 Å². The first-order chi connectivity index (χ1) is 8.19. The number of likely N-dealkylation sites (tertiary alicyclic amines) is 1. The molecule has 0 saturated carbocycles. The maximum atomic E-state index is 9.63. The molecule has 4 nitrogen and oxygen atoms in total. The maximum absolute atomic E-state index is 9.63. The van der Waals surface area contributed by atoms with Crippen LogP contribution in [0.4, 0.5) is 0 Å². The fourth-order valence-corrected chi connectivity index (χ4v) is 2.89. The Kier molecular flexibility index (Phi) is 5.18. The third-order valence-electron chi connectivity index (χ3n) is 4.15. The van der Waals surface area contributed by atoms with Crippen molar-refractivity contribution in [2.45, 2.75) is 63.8 Å². The topological polar surface area (TPSA) is 41.9 Å². The van der Waals surface area contributed by atoms with Crippen LogP contribution in [0.1, 0.15) is 40.5 Å². The van der Waals surface area contributed by atoms with Crippen LogP contribution < -0.4 is 0 Å². The summed E-state index contributed by atoms with van der Waals surface area (Å²) in [4.78, 5) is 2.42. The predicted octanol–water partition coefficient (Wildman–Crippen LogP) is 1.66. The summed E-state index contributed by atoms with van der Waals surface area (Å²) in [7, 11) is 3.76. The summed E-state index contributed by atoms with van der Waals surface area (Å²) in [6.07, 6.45) is 1.66. The fraction of sp³-hybridized carbons (Fsp3) is 1.00. The van der Waals surface area contributed by atoms with E-state index >= 15 is 0 Å². The molecule has 1 atom stereocenters. The van der Waals surface area contributed by atoms with Crippen LogP contribution in [-0.2, 0) is 9.47 Å². The zero-order valence-electron chi connectivity index (χ0n) is 12.7. The molecule has 0 aromatic carbocycles. The standard InChI is InChI=1S/C14H29NO3/c1-13(2)7-12(8-14(3,4)15(13)5)18-10-11(16)9-17-6/h11-12,16H,7-10H2,1-6H3. The molecule has 1 saturated heterocycles. The Balaban J connectivity index is 2.53. The number of hydrogen-bond acceptors (Lipinski definition) is 4. The van der Waals surface area contributed by atoms with E-state index in [0.29, 0.717) is 13.2 Å². The molecule has 18 heavy (non-hydrogen) atoms. The third kappa shape index (κ3) is 3.92. The summed E-state index contributed by atoms with van der Waals surface area (Å²) >= 11 is 0. The van der Waals surface area contributed by atoms with Gasteiger partial charge in [-0.1, -0.05) is 0 Å². The molecule has 0 bridgehead atoms. The molecule has 4 heteroatoms. The zero-order valence-corrected chi connectivity index (χ0v) is 12.7. The van der Waals surface area contributed by atoms with Gasteiger partial charge in [-0.15, -0.1) is 0 Å². The smallest absolute Gasteiger partial charge is 0.101 e. The van der Waals surface area contributed by atoms with Gasteiger partial charge in [0.05, 0.1) is 19.3 Å². The van der Waals surface area contributed by atoms with Crippen molar-refractivity contribution in [3.8, 4) is 0 Å². The minimum absolute atomic E-state index is 0.124. The average molecular weight is 259 g/mol. The number of ether oxygens (including phenoxy) is 2. The van der Waals surface area contributed by atoms with Gasteiger partial charge in [0.2, 0.25) is 0 Å². The van der Waals surface area contributed by atoms with Crippen LogP contribution in [0.25, 0.3) is 0 Å². The second-order valence-corrected chi connectivity index (χ2v) is 6.66. The number of rotatable bonds is 5. The van der Waals surface area contributed by atoms with Crippen LogP contribution in [0.5, 0.6) is 0 Å². The Morgan fingerprint density at radius 1 is 1.17 bits per heavy atom. The highest BCUT2D eigenvalue weighted by Gasteiger charge is 2.43. The molecule has 0 aliphatic carbocycles. The third-order valence-corrected chi connectivity index (χ3v) is 4.15. The quantitative estimate of drug-likeness (QED) is 0.815. The molecule has 0 radical (unpaired) electrons. The van der Waals surface area contributed by atoms with Gasteiger partial charge in [-0.2, -0.15) is 0 Å².